The van der Waals surface area contributed by atoms with Crippen molar-refractivity contribution in [3.05, 3.63) is 29.8 Å². The summed E-state index contributed by atoms with van der Waals surface area (Å²) in [5.74, 6) is 1.22. The number of nitrogens with one attached hydrogen (secondary N) is 1. The van der Waals surface area contributed by atoms with Crippen molar-refractivity contribution in [2.75, 3.05) is 50.8 Å². The van der Waals surface area contributed by atoms with Crippen molar-refractivity contribution in [1.29, 1.82) is 0 Å². The standard InChI is InChI=1S/C23H33N5O3.HI/c1-2-24-23(27-14-12-26(13-15-27)22(30)20-5-4-16-31-20)25-17-18-7-9-19(10-8-18)28-11-3-6-21(28)29;/h7-10,20H,2-6,11-17H2,1H3,(H,24,25);1H. The van der Waals surface area contributed by atoms with Crippen molar-refractivity contribution >= 4 is 47.4 Å². The molecule has 3 aliphatic rings. The fourth-order valence-electron chi connectivity index (χ4n) is 4.41. The van der Waals surface area contributed by atoms with Gasteiger partial charge in [0.2, 0.25) is 5.91 Å². The molecule has 4 rings (SSSR count). The van der Waals surface area contributed by atoms with Gasteiger partial charge in [-0.1, -0.05) is 12.1 Å². The molecule has 9 heteroatoms. The van der Waals surface area contributed by atoms with Crippen LogP contribution in [0.25, 0.3) is 0 Å². The largest absolute Gasteiger partial charge is 0.368 e. The number of guanidine groups is 1. The van der Waals surface area contributed by atoms with Gasteiger partial charge in [0.05, 0.1) is 6.54 Å². The fraction of sp³-hybridized carbons (Fsp3) is 0.609. The van der Waals surface area contributed by atoms with E-state index in [0.29, 0.717) is 32.7 Å². The minimum absolute atomic E-state index is 0. The molecule has 8 nitrogen and oxygen atoms in total. The summed E-state index contributed by atoms with van der Waals surface area (Å²) >= 11 is 0. The molecule has 1 atom stereocenters. The van der Waals surface area contributed by atoms with E-state index in [1.165, 1.54) is 0 Å². The van der Waals surface area contributed by atoms with Gasteiger partial charge in [-0.15, -0.1) is 24.0 Å². The van der Waals surface area contributed by atoms with Gasteiger partial charge in [-0.25, -0.2) is 4.99 Å². The number of rotatable bonds is 5. The van der Waals surface area contributed by atoms with E-state index in [1.54, 1.807) is 0 Å². The van der Waals surface area contributed by atoms with E-state index < -0.39 is 0 Å². The molecule has 2 amide bonds. The summed E-state index contributed by atoms with van der Waals surface area (Å²) in [7, 11) is 0. The highest BCUT2D eigenvalue weighted by Gasteiger charge is 2.31. The van der Waals surface area contributed by atoms with Gasteiger partial charge in [0.1, 0.15) is 6.10 Å². The first-order chi connectivity index (χ1) is 15.2. The Bertz CT molecular complexity index is 802. The van der Waals surface area contributed by atoms with E-state index in [-0.39, 0.29) is 41.9 Å². The summed E-state index contributed by atoms with van der Waals surface area (Å²) in [6.45, 7) is 7.86. The van der Waals surface area contributed by atoms with Gasteiger partial charge < -0.3 is 24.8 Å². The average Bonchev–Trinajstić information content (AvgIpc) is 3.49. The molecule has 1 unspecified atom stereocenters. The van der Waals surface area contributed by atoms with E-state index in [0.717, 1.165) is 62.7 Å². The van der Waals surface area contributed by atoms with Crippen LogP contribution in [0.2, 0.25) is 0 Å². The second kappa shape index (κ2) is 11.8. The van der Waals surface area contributed by atoms with Crippen LogP contribution in [0.1, 0.15) is 38.2 Å². The number of carbonyl (C=O) groups excluding carboxylic acids is 2. The minimum Gasteiger partial charge on any atom is -0.368 e. The number of nitrogens with zero attached hydrogens (tertiary/aromatic N) is 4. The van der Waals surface area contributed by atoms with E-state index in [4.69, 9.17) is 9.73 Å². The predicted octanol–water partition coefficient (Wildman–Crippen LogP) is 2.22. The van der Waals surface area contributed by atoms with E-state index >= 15 is 0 Å². The zero-order valence-electron chi connectivity index (χ0n) is 18.8. The smallest absolute Gasteiger partial charge is 0.251 e. The topological polar surface area (TPSA) is 77.5 Å². The molecule has 0 radical (unpaired) electrons. The van der Waals surface area contributed by atoms with E-state index in [1.807, 2.05) is 34.1 Å². The molecule has 1 aromatic rings. The minimum atomic E-state index is -0.243. The third-order valence-electron chi connectivity index (χ3n) is 6.16. The first-order valence-corrected chi connectivity index (χ1v) is 11.5. The number of anilines is 1. The summed E-state index contributed by atoms with van der Waals surface area (Å²) in [6, 6.07) is 8.12. The van der Waals surface area contributed by atoms with Crippen molar-refractivity contribution in [2.24, 2.45) is 4.99 Å². The molecule has 3 fully saturated rings. The Hall–Kier alpha value is -1.88. The monoisotopic (exact) mass is 555 g/mol. The lowest BCUT2D eigenvalue weighted by molar-refractivity contribution is -0.142. The van der Waals surface area contributed by atoms with Crippen LogP contribution in [-0.4, -0.2) is 79.6 Å². The number of piperazine rings is 1. The third-order valence-corrected chi connectivity index (χ3v) is 6.16. The van der Waals surface area contributed by atoms with Crippen LogP contribution in [0, 0.1) is 0 Å². The van der Waals surface area contributed by atoms with Crippen molar-refractivity contribution in [3.8, 4) is 0 Å². The maximum Gasteiger partial charge on any atom is 0.251 e. The van der Waals surface area contributed by atoms with Crippen molar-refractivity contribution in [1.82, 2.24) is 15.1 Å². The molecule has 3 saturated heterocycles. The number of carbonyl (C=O) groups is 2. The Kier molecular flexibility index (Phi) is 9.15. The normalized spacial score (nSPS) is 21.7. The SMILES string of the molecule is CCNC(=NCc1ccc(N2CCCC2=O)cc1)N1CCN(C(=O)C2CCCO2)CC1.I. The van der Waals surface area contributed by atoms with Crippen LogP contribution in [0.3, 0.4) is 0 Å². The Morgan fingerprint density at radius 3 is 2.41 bits per heavy atom. The summed E-state index contributed by atoms with van der Waals surface area (Å²) in [5.41, 5.74) is 2.08. The second-order valence-corrected chi connectivity index (χ2v) is 8.30. The molecule has 0 spiro atoms. The lowest BCUT2D eigenvalue weighted by atomic mass is 10.2. The Morgan fingerprint density at radius 1 is 1.09 bits per heavy atom. The lowest BCUT2D eigenvalue weighted by Crippen LogP contribution is -2.55. The van der Waals surface area contributed by atoms with Gasteiger partial charge in [0.25, 0.3) is 5.91 Å². The number of hydrogen-bond acceptors (Lipinski definition) is 4. The van der Waals surface area contributed by atoms with Gasteiger partial charge >= 0.3 is 0 Å². The van der Waals surface area contributed by atoms with Crippen LogP contribution in [0.4, 0.5) is 5.69 Å². The van der Waals surface area contributed by atoms with Crippen LogP contribution >= 0.6 is 24.0 Å². The van der Waals surface area contributed by atoms with Gasteiger partial charge in [0, 0.05) is 58.0 Å². The van der Waals surface area contributed by atoms with Crippen LogP contribution in [0.5, 0.6) is 0 Å². The van der Waals surface area contributed by atoms with Crippen molar-refractivity contribution < 1.29 is 14.3 Å². The molecule has 32 heavy (non-hydrogen) atoms. The highest BCUT2D eigenvalue weighted by atomic mass is 127. The average molecular weight is 555 g/mol. The predicted molar refractivity (Wildman–Crippen MR) is 135 cm³/mol. The quantitative estimate of drug-likeness (QED) is 0.343. The van der Waals surface area contributed by atoms with E-state index in [2.05, 4.69) is 17.1 Å². The van der Waals surface area contributed by atoms with Crippen LogP contribution in [-0.2, 0) is 20.9 Å². The Morgan fingerprint density at radius 2 is 1.81 bits per heavy atom. The molecule has 0 bridgehead atoms. The highest BCUT2D eigenvalue weighted by Crippen LogP contribution is 2.22. The molecular weight excluding hydrogens is 521 g/mol. The molecule has 0 saturated carbocycles. The summed E-state index contributed by atoms with van der Waals surface area (Å²) < 4.78 is 5.55. The number of halogens is 1. The molecule has 0 aromatic heterocycles. The first-order valence-electron chi connectivity index (χ1n) is 11.5. The molecule has 1 N–H and O–H groups in total. The third kappa shape index (κ3) is 5.92. The van der Waals surface area contributed by atoms with Gasteiger partial charge in [-0.3, -0.25) is 9.59 Å². The Labute approximate surface area is 207 Å². The number of aliphatic imine (C=N–C) groups is 1. The summed E-state index contributed by atoms with van der Waals surface area (Å²) in [4.78, 5) is 35.3. The zero-order valence-corrected chi connectivity index (χ0v) is 21.1. The first kappa shape index (κ1) is 24.8. The van der Waals surface area contributed by atoms with E-state index in [9.17, 15) is 9.59 Å². The maximum atomic E-state index is 12.6. The van der Waals surface area contributed by atoms with Crippen molar-refractivity contribution in [2.45, 2.75) is 45.3 Å². The van der Waals surface area contributed by atoms with Gasteiger partial charge in [-0.2, -0.15) is 0 Å². The van der Waals surface area contributed by atoms with Crippen LogP contribution in [0.15, 0.2) is 29.3 Å². The molecular formula is C23H34IN5O3. The fourth-order valence-corrected chi connectivity index (χ4v) is 4.41. The van der Waals surface area contributed by atoms with Gasteiger partial charge in [0.15, 0.2) is 5.96 Å². The maximum absolute atomic E-state index is 12.6. The Balaban J connectivity index is 0.00000289. The van der Waals surface area contributed by atoms with Crippen molar-refractivity contribution in [3.63, 3.8) is 0 Å². The highest BCUT2D eigenvalue weighted by molar-refractivity contribution is 14.0. The lowest BCUT2D eigenvalue weighted by Gasteiger charge is -2.37. The molecule has 1 aromatic carbocycles. The van der Waals surface area contributed by atoms with Crippen LogP contribution < -0.4 is 10.2 Å². The molecule has 0 aliphatic carbocycles. The number of hydrogen-bond donors (Lipinski definition) is 1. The number of amides is 2. The second-order valence-electron chi connectivity index (χ2n) is 8.30. The summed E-state index contributed by atoms with van der Waals surface area (Å²) in [5, 5.41) is 3.38. The zero-order chi connectivity index (χ0) is 21.6. The molecule has 3 aliphatic heterocycles. The molecule has 3 heterocycles. The summed E-state index contributed by atoms with van der Waals surface area (Å²) in [6.07, 6.45) is 3.15. The van der Waals surface area contributed by atoms with Gasteiger partial charge in [-0.05, 0) is 43.9 Å². The molecule has 176 valence electrons. The number of benzene rings is 1. The number of ether oxygens (including phenoxy) is 1.